The van der Waals surface area contributed by atoms with Crippen molar-refractivity contribution < 1.29 is 18.8 Å². The van der Waals surface area contributed by atoms with Crippen LogP contribution in [0, 0.1) is 17.1 Å². The molecule has 4 aromatic rings. The first kappa shape index (κ1) is 23.4. The summed E-state index contributed by atoms with van der Waals surface area (Å²) in [4.78, 5) is 29.9. The molecule has 2 atom stereocenters. The van der Waals surface area contributed by atoms with Crippen LogP contribution in [0.3, 0.4) is 0 Å². The number of amides is 1. The monoisotopic (exact) mass is 477 g/mol. The summed E-state index contributed by atoms with van der Waals surface area (Å²) >= 11 is 0. The normalized spacial score (nSPS) is 12.7. The van der Waals surface area contributed by atoms with Crippen LogP contribution < -0.4 is 10.9 Å². The Morgan fingerprint density at radius 3 is 2.71 bits per heavy atom. The Morgan fingerprint density at radius 1 is 1.31 bits per heavy atom. The Kier molecular flexibility index (Phi) is 6.16. The van der Waals surface area contributed by atoms with Crippen LogP contribution in [0.2, 0.25) is 0 Å². The average molecular weight is 477 g/mol. The van der Waals surface area contributed by atoms with E-state index in [2.05, 4.69) is 25.1 Å². The molecule has 0 saturated carbocycles. The van der Waals surface area contributed by atoms with Crippen molar-refractivity contribution in [1.29, 1.82) is 5.26 Å². The predicted molar refractivity (Wildman–Crippen MR) is 120 cm³/mol. The average Bonchev–Trinajstić information content (AvgIpc) is 3.50. The van der Waals surface area contributed by atoms with Crippen LogP contribution in [-0.4, -0.2) is 35.5 Å². The lowest BCUT2D eigenvalue weighted by Gasteiger charge is -2.26. The second-order valence-corrected chi connectivity index (χ2v) is 7.96. The Labute approximate surface area is 198 Å². The Morgan fingerprint density at radius 2 is 2.09 bits per heavy atom. The number of rotatable bonds is 6. The lowest BCUT2D eigenvalue weighted by molar-refractivity contribution is 0.101. The minimum Gasteiger partial charge on any atom is -0.501 e. The van der Waals surface area contributed by atoms with Crippen molar-refractivity contribution in [2.75, 3.05) is 5.32 Å². The molecule has 0 aliphatic rings. The number of nitrogens with one attached hydrogen (secondary N) is 1. The van der Waals surface area contributed by atoms with Crippen molar-refractivity contribution in [3.8, 4) is 11.8 Å². The smallest absolute Gasteiger partial charge is 0.296 e. The molecule has 0 radical (unpaired) electrons. The first-order chi connectivity index (χ1) is 16.7. The third kappa shape index (κ3) is 4.39. The fraction of sp³-hybridized carbons (Fsp3) is 0.217. The number of aromatic nitrogens is 5. The zero-order valence-corrected chi connectivity index (χ0v) is 18.9. The van der Waals surface area contributed by atoms with E-state index < -0.39 is 40.6 Å². The predicted octanol–water partition coefficient (Wildman–Crippen LogP) is 2.41. The van der Waals surface area contributed by atoms with Gasteiger partial charge in [0.2, 0.25) is 5.75 Å². The molecule has 3 heterocycles. The van der Waals surface area contributed by atoms with E-state index in [0.717, 1.165) is 10.6 Å². The molecule has 0 saturated heterocycles. The SMILES string of the molecule is CC(c1nc(C(=O)Nc2cnoc2)c(O)c(=O)n1C)C(c1cnn(C)c1)c1ccc(F)cc1C#N. The number of carbonyl (C=O) groups is 1. The second-order valence-electron chi connectivity index (χ2n) is 7.96. The molecule has 0 aliphatic heterocycles. The van der Waals surface area contributed by atoms with Crippen LogP contribution in [0.4, 0.5) is 10.1 Å². The minimum absolute atomic E-state index is 0.111. The molecular formula is C23H20FN7O4. The molecule has 12 heteroatoms. The number of hydrogen-bond donors (Lipinski definition) is 2. The molecule has 3 aromatic heterocycles. The van der Waals surface area contributed by atoms with E-state index in [-0.39, 0.29) is 17.1 Å². The first-order valence-electron chi connectivity index (χ1n) is 10.4. The van der Waals surface area contributed by atoms with Crippen LogP contribution >= 0.6 is 0 Å². The Bertz CT molecular complexity index is 1500. The molecule has 1 aromatic carbocycles. The molecule has 2 N–H and O–H groups in total. The number of nitrogens with zero attached hydrogens (tertiary/aromatic N) is 6. The van der Waals surface area contributed by atoms with Crippen molar-refractivity contribution in [3.05, 3.63) is 87.4 Å². The van der Waals surface area contributed by atoms with Gasteiger partial charge in [-0.15, -0.1) is 0 Å². The summed E-state index contributed by atoms with van der Waals surface area (Å²) in [7, 11) is 3.14. The molecule has 0 fully saturated rings. The summed E-state index contributed by atoms with van der Waals surface area (Å²) in [6, 6.07) is 5.89. The highest BCUT2D eigenvalue weighted by Gasteiger charge is 2.31. The quantitative estimate of drug-likeness (QED) is 0.429. The fourth-order valence-electron chi connectivity index (χ4n) is 4.01. The van der Waals surface area contributed by atoms with Crippen molar-refractivity contribution in [2.45, 2.75) is 18.8 Å². The van der Waals surface area contributed by atoms with Gasteiger partial charge in [0.25, 0.3) is 11.5 Å². The van der Waals surface area contributed by atoms with E-state index in [0.29, 0.717) is 11.1 Å². The largest absolute Gasteiger partial charge is 0.501 e. The molecule has 0 bridgehead atoms. The molecule has 35 heavy (non-hydrogen) atoms. The molecule has 2 unspecified atom stereocenters. The van der Waals surface area contributed by atoms with E-state index in [1.807, 2.05) is 6.07 Å². The third-order valence-electron chi connectivity index (χ3n) is 5.67. The number of carbonyl (C=O) groups excluding carboxylic acids is 1. The lowest BCUT2D eigenvalue weighted by atomic mass is 9.80. The van der Waals surface area contributed by atoms with Crippen LogP contribution in [0.1, 0.15) is 51.8 Å². The molecule has 0 spiro atoms. The highest BCUT2D eigenvalue weighted by molar-refractivity contribution is 6.04. The number of benzene rings is 1. The lowest BCUT2D eigenvalue weighted by Crippen LogP contribution is -2.29. The molecule has 178 valence electrons. The van der Waals surface area contributed by atoms with Gasteiger partial charge in [0.1, 0.15) is 23.6 Å². The first-order valence-corrected chi connectivity index (χ1v) is 10.4. The number of halogens is 1. The maximum Gasteiger partial charge on any atom is 0.296 e. The maximum absolute atomic E-state index is 13.9. The third-order valence-corrected chi connectivity index (χ3v) is 5.67. The van der Waals surface area contributed by atoms with E-state index in [1.54, 1.807) is 31.0 Å². The standard InChI is InChI=1S/C23H20FN7O4/c1-12(18(14-8-26-30(2)10-14)17-5-4-15(24)6-13(17)7-25)21-29-19(20(32)23(34)31(21)3)22(33)28-16-9-27-35-11-16/h4-6,8-12,18,32H,1-3H3,(H,28,33). The van der Waals surface area contributed by atoms with Gasteiger partial charge in [0.05, 0.1) is 24.0 Å². The second kappa shape index (κ2) is 9.22. The zero-order valence-electron chi connectivity index (χ0n) is 18.9. The maximum atomic E-state index is 13.9. The van der Waals surface area contributed by atoms with E-state index in [9.17, 15) is 24.3 Å². The Hall–Kier alpha value is -4.79. The van der Waals surface area contributed by atoms with Gasteiger partial charge in [-0.3, -0.25) is 18.8 Å². The zero-order chi connectivity index (χ0) is 25.3. The van der Waals surface area contributed by atoms with E-state index >= 15 is 0 Å². The topological polar surface area (TPSA) is 152 Å². The van der Waals surface area contributed by atoms with Crippen molar-refractivity contribution in [2.24, 2.45) is 14.1 Å². The van der Waals surface area contributed by atoms with E-state index in [1.165, 1.54) is 31.6 Å². The van der Waals surface area contributed by atoms with Gasteiger partial charge in [-0.05, 0) is 23.3 Å². The molecular weight excluding hydrogens is 457 g/mol. The van der Waals surface area contributed by atoms with Gasteiger partial charge < -0.3 is 14.9 Å². The summed E-state index contributed by atoms with van der Waals surface area (Å²) in [5.41, 5.74) is 0.181. The molecule has 4 rings (SSSR count). The number of anilines is 1. The van der Waals surface area contributed by atoms with Gasteiger partial charge in [0, 0.05) is 32.1 Å². The molecule has 11 nitrogen and oxygen atoms in total. The number of aryl methyl sites for hydroxylation is 1. The summed E-state index contributed by atoms with van der Waals surface area (Å²) in [5.74, 6) is -3.27. The van der Waals surface area contributed by atoms with Crippen molar-refractivity contribution in [1.82, 2.24) is 24.5 Å². The summed E-state index contributed by atoms with van der Waals surface area (Å²) in [5, 5.41) is 30.2. The van der Waals surface area contributed by atoms with Gasteiger partial charge >= 0.3 is 0 Å². The number of hydrogen-bond acceptors (Lipinski definition) is 8. The van der Waals surface area contributed by atoms with Gasteiger partial charge in [-0.2, -0.15) is 10.4 Å². The van der Waals surface area contributed by atoms with Crippen LogP contribution in [0.5, 0.6) is 5.75 Å². The molecule has 0 aliphatic carbocycles. The van der Waals surface area contributed by atoms with Crippen molar-refractivity contribution >= 4 is 11.6 Å². The van der Waals surface area contributed by atoms with Crippen LogP contribution in [0.25, 0.3) is 0 Å². The summed E-state index contributed by atoms with van der Waals surface area (Å²) in [6.45, 7) is 1.75. The summed E-state index contributed by atoms with van der Waals surface area (Å²) < 4.78 is 21.3. The summed E-state index contributed by atoms with van der Waals surface area (Å²) in [6.07, 6.45) is 5.76. The highest BCUT2D eigenvalue weighted by atomic mass is 19.1. The van der Waals surface area contributed by atoms with Gasteiger partial charge in [-0.25, -0.2) is 9.37 Å². The minimum atomic E-state index is -0.839. The fourth-order valence-corrected chi connectivity index (χ4v) is 4.01. The number of aromatic hydroxyl groups is 1. The van der Waals surface area contributed by atoms with Crippen molar-refractivity contribution in [3.63, 3.8) is 0 Å². The van der Waals surface area contributed by atoms with Gasteiger partial charge in [0.15, 0.2) is 5.69 Å². The Balaban J connectivity index is 1.86. The van der Waals surface area contributed by atoms with Crippen LogP contribution in [-0.2, 0) is 14.1 Å². The number of nitriles is 1. The van der Waals surface area contributed by atoms with E-state index in [4.69, 9.17) is 0 Å². The molecule has 1 amide bonds. The van der Waals surface area contributed by atoms with Gasteiger partial charge in [-0.1, -0.05) is 18.1 Å². The highest BCUT2D eigenvalue weighted by Crippen LogP contribution is 2.39. The van der Waals surface area contributed by atoms with Crippen LogP contribution in [0.15, 0.2) is 52.4 Å².